The second kappa shape index (κ2) is 8.88. The van der Waals surface area contributed by atoms with Crippen LogP contribution in [0.5, 0.6) is 0 Å². The van der Waals surface area contributed by atoms with Gasteiger partial charge in [0.15, 0.2) is 5.78 Å². The average Bonchev–Trinajstić information content (AvgIpc) is 3.58. The molecule has 0 amide bonds. The zero-order valence-electron chi connectivity index (χ0n) is 21.9. The van der Waals surface area contributed by atoms with Crippen LogP contribution in [0.1, 0.15) is 37.8 Å². The van der Waals surface area contributed by atoms with Gasteiger partial charge >= 0.3 is 0 Å². The van der Waals surface area contributed by atoms with Crippen LogP contribution in [-0.2, 0) is 17.9 Å². The van der Waals surface area contributed by atoms with Crippen LogP contribution in [0, 0.1) is 0 Å². The minimum atomic E-state index is 0.178. The maximum Gasteiger partial charge on any atom is 0.185 e. The van der Waals surface area contributed by atoms with Gasteiger partial charge in [-0.05, 0) is 86.4 Å². The largest absolute Gasteiger partial charge is 0.341 e. The van der Waals surface area contributed by atoms with Crippen LogP contribution in [0.4, 0.5) is 0 Å². The van der Waals surface area contributed by atoms with E-state index in [0.717, 1.165) is 48.2 Å². The molecule has 1 aliphatic carbocycles. The number of hydrogen-bond donors (Lipinski definition) is 0. The van der Waals surface area contributed by atoms with Crippen molar-refractivity contribution in [2.24, 2.45) is 0 Å². The third kappa shape index (κ3) is 3.46. The Morgan fingerprint density at radius 2 is 1.00 bits per heavy atom. The number of nitrogens with zero attached hydrogens (tertiary/aromatic N) is 2. The van der Waals surface area contributed by atoms with Crippen LogP contribution in [0.15, 0.2) is 96.1 Å². The Labute approximate surface area is 222 Å². The van der Waals surface area contributed by atoms with Crippen LogP contribution < -0.4 is 0 Å². The number of benzene rings is 4. The first kappa shape index (κ1) is 22.8. The minimum Gasteiger partial charge on any atom is -0.341 e. The second-order valence-corrected chi connectivity index (χ2v) is 10.2. The van der Waals surface area contributed by atoms with Gasteiger partial charge in [0.2, 0.25) is 0 Å². The van der Waals surface area contributed by atoms with E-state index in [1.54, 1.807) is 0 Å². The lowest BCUT2D eigenvalue weighted by Crippen LogP contribution is -1.96. The number of aromatic nitrogens is 2. The van der Waals surface area contributed by atoms with Gasteiger partial charge < -0.3 is 9.13 Å². The molecule has 0 bridgehead atoms. The van der Waals surface area contributed by atoms with Gasteiger partial charge in [-0.25, -0.2) is 0 Å². The van der Waals surface area contributed by atoms with Gasteiger partial charge in [0.1, 0.15) is 0 Å². The van der Waals surface area contributed by atoms with Gasteiger partial charge in [0, 0.05) is 67.8 Å². The van der Waals surface area contributed by atoms with Crippen LogP contribution in [0.2, 0.25) is 0 Å². The molecule has 0 unspecified atom stereocenters. The molecule has 6 aromatic rings. The molecule has 0 aliphatic heterocycles. The van der Waals surface area contributed by atoms with Gasteiger partial charge in [0.25, 0.3) is 0 Å². The van der Waals surface area contributed by atoms with E-state index >= 15 is 0 Å². The van der Waals surface area contributed by atoms with E-state index in [2.05, 4.69) is 120 Å². The molecule has 7 rings (SSSR count). The Kier molecular flexibility index (Phi) is 5.33. The molecule has 0 radical (unpaired) electrons. The molecule has 1 fully saturated rings. The highest BCUT2D eigenvalue weighted by atomic mass is 16.1. The molecule has 2 heterocycles. The maximum atomic E-state index is 13.4. The first-order valence-electron chi connectivity index (χ1n) is 13.6. The third-order valence-corrected chi connectivity index (χ3v) is 8.15. The molecule has 38 heavy (non-hydrogen) atoms. The fourth-order valence-electron chi connectivity index (χ4n) is 6.38. The molecule has 0 N–H and O–H groups in total. The number of para-hydroxylation sites is 2. The highest BCUT2D eigenvalue weighted by molar-refractivity contribution is 6.16. The number of hydrogen-bond acceptors (Lipinski definition) is 1. The van der Waals surface area contributed by atoms with Crippen molar-refractivity contribution in [1.29, 1.82) is 0 Å². The minimum absolute atomic E-state index is 0.178. The van der Waals surface area contributed by atoms with Gasteiger partial charge in [-0.15, -0.1) is 0 Å². The summed E-state index contributed by atoms with van der Waals surface area (Å²) in [5.41, 5.74) is 9.00. The van der Waals surface area contributed by atoms with Crippen molar-refractivity contribution < 1.29 is 4.79 Å². The predicted octanol–water partition coefficient (Wildman–Crippen LogP) is 8.77. The van der Waals surface area contributed by atoms with E-state index < -0.39 is 0 Å². The summed E-state index contributed by atoms with van der Waals surface area (Å²) in [6.07, 6.45) is 5.77. The summed E-state index contributed by atoms with van der Waals surface area (Å²) in [5, 5.41) is 5.03. The Hall–Kier alpha value is -4.37. The van der Waals surface area contributed by atoms with Gasteiger partial charge in [-0.2, -0.15) is 0 Å². The van der Waals surface area contributed by atoms with Gasteiger partial charge in [-0.1, -0.05) is 48.5 Å². The molecule has 1 saturated carbocycles. The average molecular weight is 495 g/mol. The SMILES string of the molecule is CCn1c2ccccc2c2cc(/C=C3\CC/C(=C\c4ccc5c(c4)c4ccccc4n5CC)C3=O)ccc21. The van der Waals surface area contributed by atoms with Crippen molar-refractivity contribution in [3.8, 4) is 0 Å². The molecule has 0 atom stereocenters. The van der Waals surface area contributed by atoms with Crippen LogP contribution in [-0.4, -0.2) is 14.9 Å². The monoisotopic (exact) mass is 494 g/mol. The standard InChI is InChI=1S/C35H30N2O/c1-3-36-31-11-7-5-9-27(31)29-21-23(13-17-33(29)36)19-25-15-16-26(35(25)38)20-24-14-18-34-30(22-24)28-10-6-8-12-32(28)37(34)4-2/h5-14,17-22H,3-4,15-16H2,1-2H3/b25-19+,26-20+. The molecular weight excluding hydrogens is 464 g/mol. The van der Waals surface area contributed by atoms with E-state index in [9.17, 15) is 4.79 Å². The van der Waals surface area contributed by atoms with Gasteiger partial charge in [0.05, 0.1) is 0 Å². The molecular formula is C35H30N2O. The highest BCUT2D eigenvalue weighted by Gasteiger charge is 2.23. The number of allylic oxidation sites excluding steroid dienone is 2. The first-order chi connectivity index (χ1) is 18.7. The summed E-state index contributed by atoms with van der Waals surface area (Å²) >= 11 is 0. The Morgan fingerprint density at radius 3 is 1.45 bits per heavy atom. The number of Topliss-reactive ketones (excluding diaryl/α,β-unsaturated/α-hetero) is 1. The van der Waals surface area contributed by atoms with Crippen molar-refractivity contribution in [2.45, 2.75) is 39.8 Å². The predicted molar refractivity (Wildman–Crippen MR) is 160 cm³/mol. The quantitative estimate of drug-likeness (QED) is 0.225. The first-order valence-corrected chi connectivity index (χ1v) is 13.6. The Bertz CT molecular complexity index is 1820. The smallest absolute Gasteiger partial charge is 0.185 e. The van der Waals surface area contributed by atoms with Crippen LogP contribution in [0.3, 0.4) is 0 Å². The fourth-order valence-corrected chi connectivity index (χ4v) is 6.38. The van der Waals surface area contributed by atoms with Crippen molar-refractivity contribution in [2.75, 3.05) is 0 Å². The van der Waals surface area contributed by atoms with Crippen molar-refractivity contribution in [1.82, 2.24) is 9.13 Å². The van der Waals surface area contributed by atoms with E-state index in [0.29, 0.717) is 0 Å². The fraction of sp³-hybridized carbons (Fsp3) is 0.171. The summed E-state index contributed by atoms with van der Waals surface area (Å²) in [4.78, 5) is 13.4. The number of aryl methyl sites for hydroxylation is 2. The summed E-state index contributed by atoms with van der Waals surface area (Å²) < 4.78 is 4.72. The maximum absolute atomic E-state index is 13.4. The van der Waals surface area contributed by atoms with E-state index in [1.807, 2.05) is 0 Å². The van der Waals surface area contributed by atoms with E-state index in [-0.39, 0.29) is 5.78 Å². The Balaban J connectivity index is 1.24. The zero-order chi connectivity index (χ0) is 25.8. The third-order valence-electron chi connectivity index (χ3n) is 8.15. The van der Waals surface area contributed by atoms with Crippen LogP contribution >= 0.6 is 0 Å². The van der Waals surface area contributed by atoms with E-state index in [1.165, 1.54) is 43.6 Å². The van der Waals surface area contributed by atoms with Crippen molar-refractivity contribution in [3.05, 3.63) is 107 Å². The number of ketones is 1. The molecule has 186 valence electrons. The molecule has 0 saturated heterocycles. The topological polar surface area (TPSA) is 26.9 Å². The molecule has 3 nitrogen and oxygen atoms in total. The molecule has 2 aromatic heterocycles. The van der Waals surface area contributed by atoms with Crippen molar-refractivity contribution >= 4 is 61.5 Å². The highest BCUT2D eigenvalue weighted by Crippen LogP contribution is 2.34. The molecule has 3 heteroatoms. The Morgan fingerprint density at radius 1 is 0.579 bits per heavy atom. The van der Waals surface area contributed by atoms with E-state index in [4.69, 9.17) is 0 Å². The summed E-state index contributed by atoms with van der Waals surface area (Å²) in [6.45, 7) is 6.24. The number of fused-ring (bicyclic) bond motifs is 6. The van der Waals surface area contributed by atoms with Crippen LogP contribution in [0.25, 0.3) is 55.8 Å². The lowest BCUT2D eigenvalue weighted by atomic mass is 10.0. The number of carbonyl (C=O) groups excluding carboxylic acids is 1. The zero-order valence-corrected chi connectivity index (χ0v) is 21.9. The number of carbonyl (C=O) groups is 1. The second-order valence-electron chi connectivity index (χ2n) is 10.2. The molecule has 1 aliphatic rings. The molecule has 4 aromatic carbocycles. The summed E-state index contributed by atoms with van der Waals surface area (Å²) in [5.74, 6) is 0.178. The molecule has 0 spiro atoms. The lowest BCUT2D eigenvalue weighted by Gasteiger charge is -2.03. The lowest BCUT2D eigenvalue weighted by molar-refractivity contribution is -0.111. The van der Waals surface area contributed by atoms with Crippen molar-refractivity contribution in [3.63, 3.8) is 0 Å². The summed E-state index contributed by atoms with van der Waals surface area (Å²) in [6, 6.07) is 30.3. The number of rotatable bonds is 4. The van der Waals surface area contributed by atoms with Gasteiger partial charge in [-0.3, -0.25) is 4.79 Å². The summed E-state index contributed by atoms with van der Waals surface area (Å²) in [7, 11) is 0. The normalized spacial score (nSPS) is 16.3.